The van der Waals surface area contributed by atoms with Crippen LogP contribution in [0, 0.1) is 6.92 Å². The average Bonchev–Trinajstić information content (AvgIpc) is 2.42. The maximum Gasteiger partial charge on any atom is 0.422 e. The molecule has 14 heavy (non-hydrogen) atoms. The van der Waals surface area contributed by atoms with Crippen LogP contribution in [0.5, 0.6) is 5.19 Å². The second kappa shape index (κ2) is 3.95. The summed E-state index contributed by atoms with van der Waals surface area (Å²) < 4.78 is 39.5. The Kier molecular flexibility index (Phi) is 3.10. The molecule has 0 atom stereocenters. The van der Waals surface area contributed by atoms with Crippen LogP contribution in [-0.2, 0) is 0 Å². The highest BCUT2D eigenvalue weighted by molar-refractivity contribution is 7.15. The lowest BCUT2D eigenvalue weighted by Crippen LogP contribution is -2.19. The number of hydrogen-bond donors (Lipinski definition) is 0. The van der Waals surface area contributed by atoms with Gasteiger partial charge in [0, 0.05) is 0 Å². The fourth-order valence-electron chi connectivity index (χ4n) is 0.697. The number of aldehydes is 1. The molecule has 0 amide bonds. The van der Waals surface area contributed by atoms with Crippen LogP contribution in [0.4, 0.5) is 13.2 Å². The van der Waals surface area contributed by atoms with E-state index < -0.39 is 12.8 Å². The Labute approximate surface area is 81.5 Å². The number of rotatable bonds is 3. The Morgan fingerprint density at radius 1 is 1.57 bits per heavy atom. The molecule has 0 saturated heterocycles. The SMILES string of the molecule is Cc1nc(OCC(F)(F)F)sc1C=O. The predicted molar refractivity (Wildman–Crippen MR) is 43.8 cm³/mol. The van der Waals surface area contributed by atoms with Crippen molar-refractivity contribution in [2.75, 3.05) is 6.61 Å². The molecule has 78 valence electrons. The molecule has 0 aromatic carbocycles. The number of alkyl halides is 3. The van der Waals surface area contributed by atoms with E-state index >= 15 is 0 Å². The van der Waals surface area contributed by atoms with Crippen molar-refractivity contribution in [3.8, 4) is 5.19 Å². The van der Waals surface area contributed by atoms with Crippen molar-refractivity contribution in [2.24, 2.45) is 0 Å². The molecule has 1 rings (SSSR count). The van der Waals surface area contributed by atoms with Gasteiger partial charge in [0.25, 0.3) is 5.19 Å². The minimum atomic E-state index is -4.39. The van der Waals surface area contributed by atoms with Crippen molar-refractivity contribution in [1.29, 1.82) is 0 Å². The van der Waals surface area contributed by atoms with Crippen molar-refractivity contribution in [1.82, 2.24) is 4.98 Å². The molecule has 0 bridgehead atoms. The number of aromatic nitrogens is 1. The fourth-order valence-corrected chi connectivity index (χ4v) is 1.43. The van der Waals surface area contributed by atoms with E-state index in [0.29, 0.717) is 12.0 Å². The van der Waals surface area contributed by atoms with Crippen molar-refractivity contribution in [2.45, 2.75) is 13.1 Å². The molecular formula is C7H6F3NO2S. The summed E-state index contributed by atoms with van der Waals surface area (Å²) in [5.74, 6) is 0. The van der Waals surface area contributed by atoms with Gasteiger partial charge in [-0.2, -0.15) is 13.2 Å². The number of carbonyl (C=O) groups excluding carboxylic acids is 1. The number of hydrogen-bond acceptors (Lipinski definition) is 4. The van der Waals surface area contributed by atoms with E-state index in [9.17, 15) is 18.0 Å². The van der Waals surface area contributed by atoms with Crippen LogP contribution in [0.15, 0.2) is 0 Å². The Hall–Kier alpha value is -1.11. The summed E-state index contributed by atoms with van der Waals surface area (Å²) in [6, 6.07) is 0. The molecule has 7 heteroatoms. The minimum Gasteiger partial charge on any atom is -0.460 e. The minimum absolute atomic E-state index is 0.137. The molecule has 0 aliphatic heterocycles. The monoisotopic (exact) mass is 225 g/mol. The van der Waals surface area contributed by atoms with E-state index in [2.05, 4.69) is 9.72 Å². The molecule has 0 aliphatic carbocycles. The first-order valence-corrected chi connectivity index (χ1v) is 4.36. The molecule has 0 N–H and O–H groups in total. The van der Waals surface area contributed by atoms with E-state index in [4.69, 9.17) is 0 Å². The van der Waals surface area contributed by atoms with Gasteiger partial charge in [-0.3, -0.25) is 4.79 Å². The van der Waals surface area contributed by atoms with Gasteiger partial charge in [-0.15, -0.1) is 0 Å². The number of thiazole rings is 1. The van der Waals surface area contributed by atoms with Gasteiger partial charge in [0.05, 0.1) is 10.6 Å². The number of aryl methyl sites for hydroxylation is 1. The van der Waals surface area contributed by atoms with E-state index in [0.717, 1.165) is 11.3 Å². The first kappa shape index (κ1) is 11.0. The molecule has 1 heterocycles. The summed E-state index contributed by atoms with van der Waals surface area (Å²) in [6.45, 7) is 0.138. The predicted octanol–water partition coefficient (Wildman–Crippen LogP) is 2.21. The fraction of sp³-hybridized carbons (Fsp3) is 0.429. The molecule has 0 aliphatic rings. The summed E-state index contributed by atoms with van der Waals surface area (Å²) in [5.41, 5.74) is 0.377. The van der Waals surface area contributed by atoms with Crippen molar-refractivity contribution >= 4 is 17.6 Å². The average molecular weight is 225 g/mol. The largest absolute Gasteiger partial charge is 0.460 e. The quantitative estimate of drug-likeness (QED) is 0.740. The van der Waals surface area contributed by atoms with Gasteiger partial charge in [-0.1, -0.05) is 11.3 Å². The molecular weight excluding hydrogens is 219 g/mol. The maximum absolute atomic E-state index is 11.7. The van der Waals surface area contributed by atoms with E-state index in [1.54, 1.807) is 0 Å². The maximum atomic E-state index is 11.7. The van der Waals surface area contributed by atoms with Crippen molar-refractivity contribution in [3.05, 3.63) is 10.6 Å². The van der Waals surface area contributed by atoms with Crippen LogP contribution >= 0.6 is 11.3 Å². The van der Waals surface area contributed by atoms with Crippen LogP contribution < -0.4 is 4.74 Å². The first-order chi connectivity index (χ1) is 6.42. The lowest BCUT2D eigenvalue weighted by atomic mass is 10.4. The third kappa shape index (κ3) is 2.99. The smallest absolute Gasteiger partial charge is 0.422 e. The van der Waals surface area contributed by atoms with Crippen molar-refractivity contribution in [3.63, 3.8) is 0 Å². The van der Waals surface area contributed by atoms with Gasteiger partial charge in [-0.05, 0) is 6.92 Å². The Morgan fingerprint density at radius 2 is 2.21 bits per heavy atom. The standard InChI is InChI=1S/C7H6F3NO2S/c1-4-5(2-12)14-6(11-4)13-3-7(8,9)10/h2H,3H2,1H3. The third-order valence-electron chi connectivity index (χ3n) is 1.28. The number of nitrogens with zero attached hydrogens (tertiary/aromatic N) is 1. The van der Waals surface area contributed by atoms with E-state index in [-0.39, 0.29) is 10.1 Å². The lowest BCUT2D eigenvalue weighted by Gasteiger charge is -2.05. The third-order valence-corrected chi connectivity index (χ3v) is 2.27. The summed E-state index contributed by atoms with van der Waals surface area (Å²) >= 11 is 0.799. The first-order valence-electron chi connectivity index (χ1n) is 3.54. The van der Waals surface area contributed by atoms with E-state index in [1.807, 2.05) is 0 Å². The Balaban J connectivity index is 2.64. The highest BCUT2D eigenvalue weighted by Crippen LogP contribution is 2.25. The Bertz CT molecular complexity index is 334. The number of ether oxygens (including phenoxy) is 1. The summed E-state index contributed by atoms with van der Waals surface area (Å²) in [7, 11) is 0. The van der Waals surface area contributed by atoms with Gasteiger partial charge >= 0.3 is 6.18 Å². The van der Waals surface area contributed by atoms with Crippen molar-refractivity contribution < 1.29 is 22.7 Å². The topological polar surface area (TPSA) is 39.2 Å². The van der Waals surface area contributed by atoms with Crippen LogP contribution in [0.2, 0.25) is 0 Å². The molecule has 0 radical (unpaired) electrons. The van der Waals surface area contributed by atoms with Crippen LogP contribution in [0.3, 0.4) is 0 Å². The molecule has 0 fully saturated rings. The second-order valence-corrected chi connectivity index (χ2v) is 3.44. The molecule has 0 unspecified atom stereocenters. The lowest BCUT2D eigenvalue weighted by molar-refractivity contribution is -0.153. The Morgan fingerprint density at radius 3 is 2.64 bits per heavy atom. The van der Waals surface area contributed by atoms with Gasteiger partial charge in [0.2, 0.25) is 0 Å². The molecule has 3 nitrogen and oxygen atoms in total. The molecule has 0 saturated carbocycles. The highest BCUT2D eigenvalue weighted by atomic mass is 32.1. The zero-order valence-electron chi connectivity index (χ0n) is 7.09. The van der Waals surface area contributed by atoms with Gasteiger partial charge in [0.15, 0.2) is 12.9 Å². The summed E-state index contributed by atoms with van der Waals surface area (Å²) in [6.07, 6.45) is -3.85. The summed E-state index contributed by atoms with van der Waals surface area (Å²) in [5, 5.41) is -0.137. The number of halogens is 3. The van der Waals surface area contributed by atoms with Crippen LogP contribution in [0.25, 0.3) is 0 Å². The van der Waals surface area contributed by atoms with Gasteiger partial charge in [0.1, 0.15) is 0 Å². The second-order valence-electron chi connectivity index (χ2n) is 2.45. The van der Waals surface area contributed by atoms with Crippen LogP contribution in [0.1, 0.15) is 15.4 Å². The molecule has 1 aromatic heterocycles. The zero-order chi connectivity index (χ0) is 10.8. The van der Waals surface area contributed by atoms with Gasteiger partial charge < -0.3 is 4.74 Å². The zero-order valence-corrected chi connectivity index (χ0v) is 7.91. The molecule has 0 spiro atoms. The highest BCUT2D eigenvalue weighted by Gasteiger charge is 2.29. The van der Waals surface area contributed by atoms with Crippen LogP contribution in [-0.4, -0.2) is 24.1 Å². The van der Waals surface area contributed by atoms with E-state index in [1.165, 1.54) is 6.92 Å². The molecule has 1 aromatic rings. The normalized spacial score (nSPS) is 11.4. The number of carbonyl (C=O) groups is 1. The van der Waals surface area contributed by atoms with Gasteiger partial charge in [-0.25, -0.2) is 4.98 Å². The summed E-state index contributed by atoms with van der Waals surface area (Å²) in [4.78, 5) is 14.3.